The molecule has 4 atom stereocenters. The van der Waals surface area contributed by atoms with E-state index in [-0.39, 0.29) is 0 Å². The van der Waals surface area contributed by atoms with Crippen LogP contribution in [0.25, 0.3) is 0 Å². The Labute approximate surface area is 69.6 Å². The third kappa shape index (κ3) is 1.31. The summed E-state index contributed by atoms with van der Waals surface area (Å²) in [6, 6.07) is 0.876. The van der Waals surface area contributed by atoms with E-state index in [1.165, 1.54) is 25.8 Å². The second-order valence-electron chi connectivity index (χ2n) is 4.57. The van der Waals surface area contributed by atoms with Crippen molar-refractivity contribution in [3.05, 3.63) is 0 Å². The average Bonchev–Trinajstić information content (AvgIpc) is 2.33. The van der Waals surface area contributed by atoms with Crippen LogP contribution in [0.2, 0.25) is 0 Å². The Morgan fingerprint density at radius 3 is 2.82 bits per heavy atom. The van der Waals surface area contributed by atoms with E-state index >= 15 is 0 Å². The van der Waals surface area contributed by atoms with Crippen LogP contribution in [0.1, 0.15) is 33.1 Å². The molecule has 1 heteroatoms. The zero-order valence-corrected chi connectivity index (χ0v) is 7.64. The van der Waals surface area contributed by atoms with Crippen LogP contribution in [0.4, 0.5) is 0 Å². The van der Waals surface area contributed by atoms with Crippen LogP contribution in [0, 0.1) is 17.8 Å². The highest BCUT2D eigenvalue weighted by Gasteiger charge is 2.36. The molecule has 1 saturated carbocycles. The number of hydrogen-bond acceptors (Lipinski definition) is 1. The number of hydrogen-bond donors (Lipinski definition) is 1. The lowest BCUT2D eigenvalue weighted by atomic mass is 9.76. The van der Waals surface area contributed by atoms with Crippen molar-refractivity contribution in [2.45, 2.75) is 39.2 Å². The van der Waals surface area contributed by atoms with Crippen LogP contribution in [-0.4, -0.2) is 12.6 Å². The Morgan fingerprint density at radius 2 is 2.00 bits per heavy atom. The first-order valence-electron chi connectivity index (χ1n) is 5.00. The molecule has 0 aromatic heterocycles. The van der Waals surface area contributed by atoms with Gasteiger partial charge in [-0.15, -0.1) is 0 Å². The van der Waals surface area contributed by atoms with E-state index in [0.717, 1.165) is 23.8 Å². The molecule has 0 spiro atoms. The summed E-state index contributed by atoms with van der Waals surface area (Å²) < 4.78 is 0. The highest BCUT2D eigenvalue weighted by Crippen LogP contribution is 2.36. The minimum atomic E-state index is 0.876. The normalized spacial score (nSPS) is 50.7. The molecule has 4 unspecified atom stereocenters. The zero-order valence-electron chi connectivity index (χ0n) is 7.64. The van der Waals surface area contributed by atoms with Crippen molar-refractivity contribution < 1.29 is 0 Å². The molecular formula is C10H19N. The molecule has 0 amide bonds. The molecule has 2 fully saturated rings. The van der Waals surface area contributed by atoms with Crippen molar-refractivity contribution in [3.63, 3.8) is 0 Å². The first kappa shape index (κ1) is 7.60. The second-order valence-corrected chi connectivity index (χ2v) is 4.57. The van der Waals surface area contributed by atoms with Gasteiger partial charge >= 0.3 is 0 Å². The minimum absolute atomic E-state index is 0.876. The highest BCUT2D eigenvalue weighted by molar-refractivity contribution is 4.92. The molecule has 2 rings (SSSR count). The predicted octanol–water partition coefficient (Wildman–Crippen LogP) is 2.03. The van der Waals surface area contributed by atoms with Gasteiger partial charge in [0.05, 0.1) is 0 Å². The molecule has 1 nitrogen and oxygen atoms in total. The molecule has 1 N–H and O–H groups in total. The third-order valence-electron chi connectivity index (χ3n) is 3.59. The summed E-state index contributed by atoms with van der Waals surface area (Å²) >= 11 is 0. The second kappa shape index (κ2) is 2.78. The SMILES string of the molecule is CC1CCC2NCC(C)C2C1. The Balaban J connectivity index is 2.01. The van der Waals surface area contributed by atoms with Crippen LogP contribution >= 0.6 is 0 Å². The first-order valence-corrected chi connectivity index (χ1v) is 5.00. The first-order chi connectivity index (χ1) is 5.27. The number of rotatable bonds is 0. The lowest BCUT2D eigenvalue weighted by Gasteiger charge is -2.31. The van der Waals surface area contributed by atoms with Gasteiger partial charge in [0.2, 0.25) is 0 Å². The molecule has 0 aromatic rings. The molecule has 11 heavy (non-hydrogen) atoms. The largest absolute Gasteiger partial charge is 0.313 e. The van der Waals surface area contributed by atoms with E-state index < -0.39 is 0 Å². The summed E-state index contributed by atoms with van der Waals surface area (Å²) in [4.78, 5) is 0. The van der Waals surface area contributed by atoms with Gasteiger partial charge in [-0.1, -0.05) is 13.8 Å². The molecule has 64 valence electrons. The van der Waals surface area contributed by atoms with Gasteiger partial charge in [0.15, 0.2) is 0 Å². The van der Waals surface area contributed by atoms with E-state index in [4.69, 9.17) is 0 Å². The summed E-state index contributed by atoms with van der Waals surface area (Å²) in [6.45, 7) is 6.07. The summed E-state index contributed by atoms with van der Waals surface area (Å²) in [5, 5.41) is 3.63. The summed E-state index contributed by atoms with van der Waals surface area (Å²) in [7, 11) is 0. The predicted molar refractivity (Wildman–Crippen MR) is 47.5 cm³/mol. The van der Waals surface area contributed by atoms with Gasteiger partial charge in [-0.2, -0.15) is 0 Å². The topological polar surface area (TPSA) is 12.0 Å². The number of fused-ring (bicyclic) bond motifs is 1. The highest BCUT2D eigenvalue weighted by atomic mass is 15.0. The van der Waals surface area contributed by atoms with Crippen LogP contribution in [0.5, 0.6) is 0 Å². The maximum Gasteiger partial charge on any atom is 0.00986 e. The van der Waals surface area contributed by atoms with E-state index in [0.29, 0.717) is 0 Å². The summed E-state index contributed by atoms with van der Waals surface area (Å²) in [5.41, 5.74) is 0. The maximum atomic E-state index is 3.63. The molecule has 1 heterocycles. The fourth-order valence-electron chi connectivity index (χ4n) is 2.80. The number of nitrogens with one attached hydrogen (secondary N) is 1. The Bertz CT molecular complexity index is 144. The van der Waals surface area contributed by atoms with Gasteiger partial charge in [0.25, 0.3) is 0 Å². The molecule has 1 aliphatic carbocycles. The van der Waals surface area contributed by atoms with Crippen molar-refractivity contribution >= 4 is 0 Å². The molecular weight excluding hydrogens is 134 g/mol. The van der Waals surface area contributed by atoms with Gasteiger partial charge in [0.1, 0.15) is 0 Å². The maximum absolute atomic E-state index is 3.63. The van der Waals surface area contributed by atoms with Gasteiger partial charge in [0, 0.05) is 6.04 Å². The van der Waals surface area contributed by atoms with Crippen molar-refractivity contribution in [2.24, 2.45) is 17.8 Å². The Kier molecular flexibility index (Phi) is 1.92. The van der Waals surface area contributed by atoms with Crippen molar-refractivity contribution in [3.8, 4) is 0 Å². The smallest absolute Gasteiger partial charge is 0.00986 e. The Morgan fingerprint density at radius 1 is 1.18 bits per heavy atom. The molecule has 1 saturated heterocycles. The van der Waals surface area contributed by atoms with Crippen molar-refractivity contribution in [1.29, 1.82) is 0 Å². The van der Waals surface area contributed by atoms with Gasteiger partial charge in [-0.25, -0.2) is 0 Å². The van der Waals surface area contributed by atoms with E-state index in [9.17, 15) is 0 Å². The molecule has 0 bridgehead atoms. The lowest BCUT2D eigenvalue weighted by molar-refractivity contribution is 0.228. The monoisotopic (exact) mass is 153 g/mol. The van der Waals surface area contributed by atoms with Gasteiger partial charge in [-0.05, 0) is 43.6 Å². The average molecular weight is 153 g/mol. The third-order valence-corrected chi connectivity index (χ3v) is 3.59. The van der Waals surface area contributed by atoms with Crippen LogP contribution in [0.15, 0.2) is 0 Å². The fraction of sp³-hybridized carbons (Fsp3) is 1.00. The molecule has 0 radical (unpaired) electrons. The summed E-state index contributed by atoms with van der Waals surface area (Å²) in [6.07, 6.45) is 4.34. The lowest BCUT2D eigenvalue weighted by Crippen LogP contribution is -2.32. The molecule has 1 aliphatic heterocycles. The summed E-state index contributed by atoms with van der Waals surface area (Å²) in [5.74, 6) is 2.92. The van der Waals surface area contributed by atoms with Crippen LogP contribution in [0.3, 0.4) is 0 Å². The quantitative estimate of drug-likeness (QED) is 0.561. The van der Waals surface area contributed by atoms with Gasteiger partial charge < -0.3 is 5.32 Å². The van der Waals surface area contributed by atoms with Crippen LogP contribution in [-0.2, 0) is 0 Å². The van der Waals surface area contributed by atoms with Crippen LogP contribution < -0.4 is 5.32 Å². The molecule has 0 aromatic carbocycles. The minimum Gasteiger partial charge on any atom is -0.313 e. The van der Waals surface area contributed by atoms with Crippen molar-refractivity contribution in [2.75, 3.05) is 6.54 Å². The van der Waals surface area contributed by atoms with E-state index in [2.05, 4.69) is 19.2 Å². The van der Waals surface area contributed by atoms with E-state index in [1.807, 2.05) is 0 Å². The standard InChI is InChI=1S/C10H19N/c1-7-3-4-10-9(5-7)8(2)6-11-10/h7-11H,3-6H2,1-2H3. The zero-order chi connectivity index (χ0) is 7.84. The van der Waals surface area contributed by atoms with Crippen molar-refractivity contribution in [1.82, 2.24) is 5.32 Å². The van der Waals surface area contributed by atoms with Gasteiger partial charge in [-0.3, -0.25) is 0 Å². The van der Waals surface area contributed by atoms with E-state index in [1.54, 1.807) is 0 Å². The fourth-order valence-corrected chi connectivity index (χ4v) is 2.80. The molecule has 2 aliphatic rings. The Hall–Kier alpha value is -0.0400.